The average Bonchev–Trinajstić information content (AvgIpc) is 3.00. The van der Waals surface area contributed by atoms with Crippen LogP contribution in [0.2, 0.25) is 0 Å². The number of allylic oxidation sites excluding steroid dienone is 1. The minimum Gasteiger partial charge on any atom is -0.494 e. The Kier molecular flexibility index (Phi) is 4.80. The third-order valence-corrected chi connectivity index (χ3v) is 3.65. The molecule has 1 aromatic heterocycles. The number of nitrogens with two attached hydrogens (primary N) is 1. The monoisotopic (exact) mass is 284 g/mol. The summed E-state index contributed by atoms with van der Waals surface area (Å²) in [6, 6.07) is 13.5. The van der Waals surface area contributed by atoms with Gasteiger partial charge in [0.15, 0.2) is 0 Å². The smallest absolute Gasteiger partial charge is 0.119 e. The molecule has 0 atom stereocenters. The molecule has 2 rings (SSSR count). The highest BCUT2D eigenvalue weighted by molar-refractivity contribution is 7.11. The van der Waals surface area contributed by atoms with E-state index in [9.17, 15) is 5.26 Å². The highest BCUT2D eigenvalue weighted by atomic mass is 32.1. The van der Waals surface area contributed by atoms with Crippen LogP contribution in [0.15, 0.2) is 41.8 Å². The first-order chi connectivity index (χ1) is 9.76. The van der Waals surface area contributed by atoms with Gasteiger partial charge in [0.2, 0.25) is 0 Å². The number of nitriles is 1. The van der Waals surface area contributed by atoms with Crippen molar-refractivity contribution in [1.29, 1.82) is 5.26 Å². The van der Waals surface area contributed by atoms with Crippen LogP contribution in [0.3, 0.4) is 0 Å². The van der Waals surface area contributed by atoms with Gasteiger partial charge in [-0.25, -0.2) is 0 Å². The standard InChI is InChI=1S/C16H16N2OS/c1-2-8-19-13-6-3-5-12(10-13)16(18)14(11-17)15-7-4-9-20-15/h3-7,9-10H,2,8,18H2,1H3/b16-14+. The quantitative estimate of drug-likeness (QED) is 0.847. The van der Waals surface area contributed by atoms with Gasteiger partial charge in [-0.05, 0) is 30.0 Å². The second-order valence-electron chi connectivity index (χ2n) is 4.25. The van der Waals surface area contributed by atoms with E-state index in [1.54, 1.807) is 0 Å². The summed E-state index contributed by atoms with van der Waals surface area (Å²) in [5.41, 5.74) is 7.95. The van der Waals surface area contributed by atoms with Crippen molar-refractivity contribution in [3.63, 3.8) is 0 Å². The first-order valence-electron chi connectivity index (χ1n) is 6.43. The maximum atomic E-state index is 9.33. The van der Waals surface area contributed by atoms with Crippen LogP contribution >= 0.6 is 11.3 Å². The molecule has 2 aromatic rings. The Morgan fingerprint density at radius 2 is 2.20 bits per heavy atom. The van der Waals surface area contributed by atoms with Gasteiger partial charge in [0.1, 0.15) is 11.8 Å². The van der Waals surface area contributed by atoms with E-state index in [1.807, 2.05) is 41.8 Å². The van der Waals surface area contributed by atoms with Crippen LogP contribution in [-0.4, -0.2) is 6.61 Å². The predicted octanol–water partition coefficient (Wildman–Crippen LogP) is 3.89. The first-order valence-corrected chi connectivity index (χ1v) is 7.31. The molecule has 1 aromatic carbocycles. The van der Waals surface area contributed by atoms with Gasteiger partial charge in [-0.15, -0.1) is 11.3 Å². The summed E-state index contributed by atoms with van der Waals surface area (Å²) in [4.78, 5) is 0.880. The molecule has 1 heterocycles. The molecule has 0 aliphatic heterocycles. The van der Waals surface area contributed by atoms with E-state index in [-0.39, 0.29) is 0 Å². The van der Waals surface area contributed by atoms with Gasteiger partial charge < -0.3 is 10.5 Å². The minimum absolute atomic E-state index is 0.483. The lowest BCUT2D eigenvalue weighted by Gasteiger charge is -2.08. The van der Waals surface area contributed by atoms with Crippen molar-refractivity contribution in [1.82, 2.24) is 0 Å². The van der Waals surface area contributed by atoms with Crippen LogP contribution in [0, 0.1) is 11.3 Å². The molecule has 0 spiro atoms. The predicted molar refractivity (Wildman–Crippen MR) is 83.2 cm³/mol. The number of nitrogens with zero attached hydrogens (tertiary/aromatic N) is 1. The number of rotatable bonds is 5. The second-order valence-corrected chi connectivity index (χ2v) is 5.20. The van der Waals surface area contributed by atoms with E-state index >= 15 is 0 Å². The molecule has 0 saturated carbocycles. The molecule has 0 fully saturated rings. The molecule has 3 nitrogen and oxygen atoms in total. The molecular formula is C16H16N2OS. The topological polar surface area (TPSA) is 59.0 Å². The van der Waals surface area contributed by atoms with E-state index in [4.69, 9.17) is 10.5 Å². The SMILES string of the molecule is CCCOc1cccc(/C(N)=C(/C#N)c2cccs2)c1. The summed E-state index contributed by atoms with van der Waals surface area (Å²) >= 11 is 1.51. The number of hydrogen-bond acceptors (Lipinski definition) is 4. The Bertz CT molecular complexity index is 639. The van der Waals surface area contributed by atoms with Crippen molar-refractivity contribution in [3.8, 4) is 11.8 Å². The zero-order valence-corrected chi connectivity index (χ0v) is 12.1. The Hall–Kier alpha value is -2.25. The molecule has 0 unspecified atom stereocenters. The highest BCUT2D eigenvalue weighted by Gasteiger charge is 2.10. The third-order valence-electron chi connectivity index (χ3n) is 2.77. The summed E-state index contributed by atoms with van der Waals surface area (Å²) in [6.07, 6.45) is 0.953. The Morgan fingerprint density at radius 3 is 2.85 bits per heavy atom. The molecule has 0 bridgehead atoms. The maximum absolute atomic E-state index is 9.33. The summed E-state index contributed by atoms with van der Waals surface area (Å²) in [5.74, 6) is 0.774. The Labute approximate surface area is 122 Å². The fourth-order valence-corrected chi connectivity index (χ4v) is 2.52. The van der Waals surface area contributed by atoms with Crippen molar-refractivity contribution in [3.05, 3.63) is 52.2 Å². The summed E-state index contributed by atoms with van der Waals surface area (Å²) in [7, 11) is 0. The molecule has 0 aliphatic carbocycles. The van der Waals surface area contributed by atoms with Crippen LogP contribution in [0.25, 0.3) is 11.3 Å². The Balaban J connectivity index is 2.37. The number of thiophene rings is 1. The minimum atomic E-state index is 0.483. The van der Waals surface area contributed by atoms with Gasteiger partial charge >= 0.3 is 0 Å². The zero-order chi connectivity index (χ0) is 14.4. The molecule has 102 valence electrons. The zero-order valence-electron chi connectivity index (χ0n) is 11.3. The van der Waals surface area contributed by atoms with Crippen LogP contribution in [0.4, 0.5) is 0 Å². The summed E-state index contributed by atoms with van der Waals surface area (Å²) in [6.45, 7) is 2.73. The van der Waals surface area contributed by atoms with Crippen LogP contribution in [0.1, 0.15) is 23.8 Å². The molecule has 20 heavy (non-hydrogen) atoms. The number of benzene rings is 1. The summed E-state index contributed by atoms with van der Waals surface area (Å²) < 4.78 is 5.59. The van der Waals surface area contributed by atoms with Crippen molar-refractivity contribution >= 4 is 22.6 Å². The molecule has 4 heteroatoms. The van der Waals surface area contributed by atoms with Gasteiger partial charge in [-0.3, -0.25) is 0 Å². The van der Waals surface area contributed by atoms with E-state index in [0.29, 0.717) is 17.9 Å². The van der Waals surface area contributed by atoms with E-state index < -0.39 is 0 Å². The van der Waals surface area contributed by atoms with E-state index in [1.165, 1.54) is 11.3 Å². The van der Waals surface area contributed by atoms with Gasteiger partial charge in [0.25, 0.3) is 0 Å². The highest BCUT2D eigenvalue weighted by Crippen LogP contribution is 2.27. The van der Waals surface area contributed by atoms with Crippen molar-refractivity contribution in [2.75, 3.05) is 6.61 Å². The van der Waals surface area contributed by atoms with Crippen molar-refractivity contribution in [2.24, 2.45) is 5.73 Å². The van der Waals surface area contributed by atoms with Crippen LogP contribution in [-0.2, 0) is 0 Å². The average molecular weight is 284 g/mol. The number of hydrogen-bond donors (Lipinski definition) is 1. The van der Waals surface area contributed by atoms with Gasteiger partial charge in [0.05, 0.1) is 17.9 Å². The Morgan fingerprint density at radius 1 is 1.35 bits per heavy atom. The van der Waals surface area contributed by atoms with Gasteiger partial charge in [-0.2, -0.15) is 5.26 Å². The lowest BCUT2D eigenvalue weighted by molar-refractivity contribution is 0.317. The molecule has 0 saturated heterocycles. The summed E-state index contributed by atoms with van der Waals surface area (Å²) in [5, 5.41) is 11.3. The molecule has 0 radical (unpaired) electrons. The molecule has 0 amide bonds. The fourth-order valence-electron chi connectivity index (χ4n) is 1.79. The van der Waals surface area contributed by atoms with Crippen LogP contribution < -0.4 is 10.5 Å². The lowest BCUT2D eigenvalue weighted by Crippen LogP contribution is -2.01. The van der Waals surface area contributed by atoms with Crippen molar-refractivity contribution in [2.45, 2.75) is 13.3 Å². The van der Waals surface area contributed by atoms with Gasteiger partial charge in [0, 0.05) is 10.4 Å². The largest absolute Gasteiger partial charge is 0.494 e. The van der Waals surface area contributed by atoms with Crippen LogP contribution in [0.5, 0.6) is 5.75 Å². The molecule has 2 N–H and O–H groups in total. The second kappa shape index (κ2) is 6.78. The van der Waals surface area contributed by atoms with Crippen molar-refractivity contribution < 1.29 is 4.74 Å². The van der Waals surface area contributed by atoms with E-state index in [0.717, 1.165) is 22.6 Å². The first kappa shape index (κ1) is 14.2. The normalized spacial score (nSPS) is 11.6. The number of ether oxygens (including phenoxy) is 1. The fraction of sp³-hybridized carbons (Fsp3) is 0.188. The molecular weight excluding hydrogens is 268 g/mol. The third kappa shape index (κ3) is 3.19. The lowest BCUT2D eigenvalue weighted by atomic mass is 10.1. The maximum Gasteiger partial charge on any atom is 0.119 e. The van der Waals surface area contributed by atoms with Gasteiger partial charge in [-0.1, -0.05) is 25.1 Å². The van der Waals surface area contributed by atoms with E-state index in [2.05, 4.69) is 13.0 Å². The molecule has 0 aliphatic rings.